The number of ether oxygens (including phenoxy) is 3. The molecular weight excluding hydrogens is 817 g/mol. The van der Waals surface area contributed by atoms with Crippen molar-refractivity contribution in [2.75, 3.05) is 38.2 Å². The van der Waals surface area contributed by atoms with Gasteiger partial charge >= 0.3 is 0 Å². The van der Waals surface area contributed by atoms with E-state index in [2.05, 4.69) is 71.1 Å². The Bertz CT molecular complexity index is 2380. The van der Waals surface area contributed by atoms with Crippen LogP contribution in [0.25, 0.3) is 0 Å². The molecule has 8 rings (SSSR count). The summed E-state index contributed by atoms with van der Waals surface area (Å²) in [5.41, 5.74) is 2.16. The van der Waals surface area contributed by atoms with Gasteiger partial charge in [-0.3, -0.25) is 34.2 Å². The smallest absolute Gasteiger partial charge is 0.271 e. The van der Waals surface area contributed by atoms with Crippen molar-refractivity contribution in [3.63, 3.8) is 0 Å². The molecule has 64 heavy (non-hydrogen) atoms. The third kappa shape index (κ3) is 8.03. The Morgan fingerprint density at radius 2 is 1.61 bits per heavy atom. The van der Waals surface area contributed by atoms with Gasteiger partial charge in [0.2, 0.25) is 11.8 Å². The van der Waals surface area contributed by atoms with Crippen LogP contribution in [0, 0.1) is 41.9 Å². The number of methoxy groups -OCH3 is 1. The zero-order valence-electron chi connectivity index (χ0n) is 37.9. The van der Waals surface area contributed by atoms with Gasteiger partial charge in [-0.05, 0) is 74.9 Å². The highest BCUT2D eigenvalue weighted by Gasteiger charge is 2.64. The number of aryl methyl sites for hydroxylation is 2. The summed E-state index contributed by atoms with van der Waals surface area (Å²) in [7, 11) is 1.42. The molecule has 2 aliphatic carbocycles. The van der Waals surface area contributed by atoms with Crippen molar-refractivity contribution >= 4 is 35.4 Å². The first-order chi connectivity index (χ1) is 30.4. The highest BCUT2D eigenvalue weighted by molar-refractivity contribution is 6.24. The minimum atomic E-state index is -1.06. The van der Waals surface area contributed by atoms with Gasteiger partial charge in [-0.1, -0.05) is 34.6 Å². The summed E-state index contributed by atoms with van der Waals surface area (Å²) in [5.74, 6) is 0.0248. The molecule has 3 aromatic rings. The fourth-order valence-corrected chi connectivity index (χ4v) is 11.0. The second-order valence-corrected chi connectivity index (χ2v) is 19.2. The molecule has 2 saturated heterocycles. The minimum Gasteiger partial charge on any atom is -0.496 e. The van der Waals surface area contributed by atoms with Gasteiger partial charge in [-0.25, -0.2) is 9.97 Å². The number of hydrogen-bond donors (Lipinski definition) is 2. The summed E-state index contributed by atoms with van der Waals surface area (Å²) in [5, 5.41) is 14.9. The zero-order valence-corrected chi connectivity index (χ0v) is 37.9. The standard InChI is InChI=1S/C48H58N8O8/c1-9-54(29-18-31(19-29)63-32-20-33-40(37(21-32)62-8)44(61)56(43(33)60)36-10-11-39(57)52-42(36)59)25-28-12-14-55(15-13-28)38-24-50-35(23-51-38)41(58)53-45-47(4,5)46(48(45,6)7)64-30-16-26(2)34(22-49)27(3)17-30/h16-17,20-21,23-24,28-29,31,36,45-46H,9-15,18-19,25H2,1-8H3,(H,53,58)(H,52,57,59)/t29?,31?,36-,45?,46?/m1/s1. The summed E-state index contributed by atoms with van der Waals surface area (Å²) in [4.78, 5) is 79.5. The summed E-state index contributed by atoms with van der Waals surface area (Å²) in [6.07, 6.45) is 6.77. The summed E-state index contributed by atoms with van der Waals surface area (Å²) in [6.45, 7) is 18.0. The van der Waals surface area contributed by atoms with E-state index in [4.69, 9.17) is 14.2 Å². The Morgan fingerprint density at radius 3 is 2.20 bits per heavy atom. The van der Waals surface area contributed by atoms with E-state index < -0.39 is 29.7 Å². The maximum absolute atomic E-state index is 13.5. The number of imide groups is 2. The van der Waals surface area contributed by atoms with Crippen molar-refractivity contribution in [2.24, 2.45) is 16.7 Å². The molecule has 0 radical (unpaired) electrons. The molecule has 2 N–H and O–H groups in total. The van der Waals surface area contributed by atoms with Gasteiger partial charge in [-0.2, -0.15) is 5.26 Å². The van der Waals surface area contributed by atoms with Gasteiger partial charge in [0.1, 0.15) is 47.0 Å². The molecule has 5 amide bonds. The van der Waals surface area contributed by atoms with Crippen LogP contribution in [0.5, 0.6) is 17.2 Å². The number of carbonyl (C=O) groups is 5. The Hall–Kier alpha value is -6.08. The molecule has 0 unspecified atom stereocenters. The average Bonchev–Trinajstić information content (AvgIpc) is 3.50. The number of hydrogen-bond acceptors (Lipinski definition) is 13. The first kappa shape index (κ1) is 44.5. The lowest BCUT2D eigenvalue weighted by Crippen LogP contribution is -2.74. The predicted octanol–water partition coefficient (Wildman–Crippen LogP) is 5.14. The number of carbonyl (C=O) groups excluding carboxylic acids is 5. The number of nitrogens with zero attached hydrogens (tertiary/aromatic N) is 6. The number of aromatic nitrogens is 2. The lowest BCUT2D eigenvalue weighted by molar-refractivity contribution is -0.164. The quantitative estimate of drug-likeness (QED) is 0.215. The van der Waals surface area contributed by atoms with Crippen molar-refractivity contribution in [3.8, 4) is 23.3 Å². The van der Waals surface area contributed by atoms with Crippen LogP contribution >= 0.6 is 0 Å². The summed E-state index contributed by atoms with van der Waals surface area (Å²) < 4.78 is 18.4. The van der Waals surface area contributed by atoms with Gasteiger partial charge in [0.05, 0.1) is 42.3 Å². The number of rotatable bonds is 13. The van der Waals surface area contributed by atoms with Gasteiger partial charge in [0, 0.05) is 67.9 Å². The van der Waals surface area contributed by atoms with E-state index in [1.54, 1.807) is 24.5 Å². The fourth-order valence-electron chi connectivity index (χ4n) is 11.0. The fraction of sp³-hybridized carbons (Fsp3) is 0.542. The molecule has 0 spiro atoms. The molecule has 4 heterocycles. The first-order valence-corrected chi connectivity index (χ1v) is 22.3. The van der Waals surface area contributed by atoms with Crippen molar-refractivity contribution in [2.45, 2.75) is 117 Å². The maximum atomic E-state index is 13.5. The average molecular weight is 875 g/mol. The first-order valence-electron chi connectivity index (χ1n) is 22.3. The molecule has 5 aliphatic rings. The van der Waals surface area contributed by atoms with Gasteiger partial charge in [0.25, 0.3) is 17.7 Å². The highest BCUT2D eigenvalue weighted by Crippen LogP contribution is 2.55. The second kappa shape index (κ2) is 17.1. The third-order valence-electron chi connectivity index (χ3n) is 14.3. The lowest BCUT2D eigenvalue weighted by Gasteiger charge is -2.63. The second-order valence-electron chi connectivity index (χ2n) is 19.2. The number of fused-ring (bicyclic) bond motifs is 1. The Morgan fingerprint density at radius 1 is 0.938 bits per heavy atom. The van der Waals surface area contributed by atoms with E-state index >= 15 is 0 Å². The third-order valence-corrected chi connectivity index (χ3v) is 14.3. The van der Waals surface area contributed by atoms with Crippen LogP contribution in [0.3, 0.4) is 0 Å². The van der Waals surface area contributed by atoms with Crippen LogP contribution in [-0.4, -0.2) is 113 Å². The number of anilines is 1. The number of amides is 5. The van der Waals surface area contributed by atoms with Crippen LogP contribution in [0.4, 0.5) is 5.82 Å². The normalized spacial score (nSPS) is 24.9. The van der Waals surface area contributed by atoms with Crippen molar-refractivity contribution in [1.29, 1.82) is 5.26 Å². The molecule has 1 aromatic heterocycles. The molecule has 3 aliphatic heterocycles. The monoisotopic (exact) mass is 874 g/mol. The maximum Gasteiger partial charge on any atom is 0.271 e. The summed E-state index contributed by atoms with van der Waals surface area (Å²) >= 11 is 0. The van der Waals surface area contributed by atoms with Gasteiger partial charge in [-0.15, -0.1) is 0 Å². The Kier molecular flexibility index (Phi) is 11.9. The molecule has 1 atom stereocenters. The number of nitrogens with one attached hydrogen (secondary N) is 2. The van der Waals surface area contributed by atoms with E-state index in [9.17, 15) is 29.2 Å². The molecule has 338 valence electrons. The minimum absolute atomic E-state index is 0.0419. The predicted molar refractivity (Wildman–Crippen MR) is 235 cm³/mol. The van der Waals surface area contributed by atoms with Crippen LogP contribution in [0.15, 0.2) is 36.7 Å². The topological polar surface area (TPSA) is 196 Å². The molecule has 2 aromatic carbocycles. The number of piperidine rings is 2. The van der Waals surface area contributed by atoms with E-state index in [-0.39, 0.29) is 70.4 Å². The van der Waals surface area contributed by atoms with Crippen LogP contribution < -0.4 is 29.7 Å². The van der Waals surface area contributed by atoms with Crippen molar-refractivity contribution < 1.29 is 38.2 Å². The largest absolute Gasteiger partial charge is 0.496 e. The van der Waals surface area contributed by atoms with E-state index in [0.29, 0.717) is 23.3 Å². The Balaban J connectivity index is 0.800. The van der Waals surface area contributed by atoms with Crippen LogP contribution in [0.1, 0.15) is 121 Å². The zero-order chi connectivity index (χ0) is 45.8. The van der Waals surface area contributed by atoms with E-state index in [1.165, 1.54) is 7.11 Å². The highest BCUT2D eigenvalue weighted by atomic mass is 16.5. The Labute approximate surface area is 374 Å². The van der Waals surface area contributed by atoms with Crippen molar-refractivity contribution in [3.05, 3.63) is 70.2 Å². The molecule has 16 heteroatoms. The molecular formula is C48H58N8O8. The number of nitriles is 1. The van der Waals surface area contributed by atoms with Crippen LogP contribution in [0.2, 0.25) is 0 Å². The van der Waals surface area contributed by atoms with Crippen molar-refractivity contribution in [1.82, 2.24) is 30.4 Å². The van der Waals surface area contributed by atoms with Gasteiger partial charge in [0.15, 0.2) is 0 Å². The van der Waals surface area contributed by atoms with Crippen LogP contribution in [-0.2, 0) is 9.59 Å². The molecule has 2 saturated carbocycles. The van der Waals surface area contributed by atoms with E-state index in [1.807, 2.05) is 26.0 Å². The summed E-state index contributed by atoms with van der Waals surface area (Å²) in [6, 6.07) is 8.37. The SMILES string of the molecule is CCN(CC1CCN(c2cnc(C(=O)NC3C(C)(C)C(Oc4cc(C)c(C#N)c(C)c4)C3(C)C)cn2)CC1)C1CC(Oc2cc(OC)c3c(c2)C(=O)N([C@@H]2CCC(=O)NC2=O)C3=O)C1. The molecule has 0 bridgehead atoms. The number of benzene rings is 2. The molecule has 16 nitrogen and oxygen atoms in total. The molecule has 4 fully saturated rings. The van der Waals surface area contributed by atoms with E-state index in [0.717, 1.165) is 79.5 Å². The lowest BCUT2D eigenvalue weighted by atomic mass is 9.49. The van der Waals surface area contributed by atoms with Gasteiger partial charge < -0.3 is 29.3 Å².